The first-order chi connectivity index (χ1) is 12.0. The van der Waals surface area contributed by atoms with Gasteiger partial charge in [-0.1, -0.05) is 0 Å². The van der Waals surface area contributed by atoms with Gasteiger partial charge in [0.2, 0.25) is 0 Å². The molecule has 26 heavy (non-hydrogen) atoms. The first-order valence-corrected chi connectivity index (χ1v) is 10.2. The summed E-state index contributed by atoms with van der Waals surface area (Å²) in [6.07, 6.45) is 3.02. The van der Waals surface area contributed by atoms with Crippen LogP contribution in [-0.2, 0) is 31.8 Å². The average molecular weight is 408 g/mol. The van der Waals surface area contributed by atoms with Crippen molar-refractivity contribution >= 4 is 32.3 Å². The van der Waals surface area contributed by atoms with Crippen molar-refractivity contribution in [2.24, 2.45) is 7.05 Å². The summed E-state index contributed by atoms with van der Waals surface area (Å²) in [6.45, 7) is 0.0344. The van der Waals surface area contributed by atoms with Crippen LogP contribution in [0.25, 0.3) is 0 Å². The smallest absolute Gasteiger partial charge is 0.339 e. The highest BCUT2D eigenvalue weighted by molar-refractivity contribution is 7.90. The zero-order valence-electron chi connectivity index (χ0n) is 13.4. The van der Waals surface area contributed by atoms with E-state index in [1.54, 1.807) is 7.05 Å². The summed E-state index contributed by atoms with van der Waals surface area (Å²) >= 11 is 0. The van der Waals surface area contributed by atoms with E-state index in [0.717, 1.165) is 4.90 Å². The Balaban J connectivity index is 1.75. The summed E-state index contributed by atoms with van der Waals surface area (Å²) in [4.78, 5) is 17.1. The molecule has 13 nitrogen and oxygen atoms in total. The van der Waals surface area contributed by atoms with Gasteiger partial charge in [0.05, 0.1) is 18.4 Å². The maximum Gasteiger partial charge on any atom is 0.418 e. The number of hydroxylamine groups is 2. The molecular formula is C11H16N6O7S2. The molecule has 3 rings (SSSR count). The molecule has 144 valence electrons. The third kappa shape index (κ3) is 3.50. The molecule has 15 heteroatoms. The minimum absolute atomic E-state index is 0.0344. The number of imidazole rings is 1. The van der Waals surface area contributed by atoms with Crippen molar-refractivity contribution in [2.75, 3.05) is 6.54 Å². The van der Waals surface area contributed by atoms with Crippen LogP contribution in [0.2, 0.25) is 0 Å². The third-order valence-electron chi connectivity index (χ3n) is 4.03. The normalized spacial score (nSPS) is 23.4. The molecule has 2 aliphatic heterocycles. The van der Waals surface area contributed by atoms with Crippen molar-refractivity contribution in [3.05, 3.63) is 12.5 Å². The third-order valence-corrected chi connectivity index (χ3v) is 5.63. The number of amidine groups is 1. The van der Waals surface area contributed by atoms with Gasteiger partial charge < -0.3 is 9.47 Å². The van der Waals surface area contributed by atoms with Gasteiger partial charge in [-0.3, -0.25) is 14.7 Å². The van der Waals surface area contributed by atoms with Gasteiger partial charge in [0, 0.05) is 19.8 Å². The van der Waals surface area contributed by atoms with E-state index in [2.05, 4.69) is 14.0 Å². The molecule has 2 aliphatic rings. The van der Waals surface area contributed by atoms with Crippen molar-refractivity contribution in [1.82, 2.24) is 24.2 Å². The van der Waals surface area contributed by atoms with E-state index in [0.29, 0.717) is 5.06 Å². The van der Waals surface area contributed by atoms with Crippen molar-refractivity contribution < 1.29 is 30.5 Å². The lowest BCUT2D eigenvalue weighted by atomic mass is 10.0. The molecule has 1 aromatic heterocycles. The van der Waals surface area contributed by atoms with E-state index in [9.17, 15) is 21.6 Å². The molecule has 2 unspecified atom stereocenters. The molecule has 0 aliphatic carbocycles. The standard InChI is InChI=1S/C11H16N6O7S2/c1-15-5-9(13-6-15)25(19,20)14-10(12)8-3-2-7-4-16(8)11(18)17(7)24-26(21,22)23/h5-8H,2-4H2,1H3,(H2,12,14)(H,21,22,23). The minimum Gasteiger partial charge on any atom is -0.339 e. The Bertz CT molecular complexity index is 955. The highest BCUT2D eigenvalue weighted by Gasteiger charge is 2.48. The monoisotopic (exact) mass is 408 g/mol. The summed E-state index contributed by atoms with van der Waals surface area (Å²) in [5.41, 5.74) is 0. The maximum absolute atomic E-state index is 12.3. The van der Waals surface area contributed by atoms with Gasteiger partial charge in [0.25, 0.3) is 10.0 Å². The van der Waals surface area contributed by atoms with Crippen molar-refractivity contribution in [3.63, 3.8) is 0 Å². The molecule has 2 amide bonds. The van der Waals surface area contributed by atoms with E-state index in [-0.39, 0.29) is 24.4 Å². The molecule has 1 aromatic rings. The van der Waals surface area contributed by atoms with Crippen molar-refractivity contribution in [3.8, 4) is 0 Å². The maximum atomic E-state index is 12.3. The molecule has 2 bridgehead atoms. The second kappa shape index (κ2) is 6.19. The summed E-state index contributed by atoms with van der Waals surface area (Å²) in [5.74, 6) is -0.448. The van der Waals surface area contributed by atoms with E-state index in [1.165, 1.54) is 17.1 Å². The number of fused-ring (bicyclic) bond motifs is 2. The molecule has 2 atom stereocenters. The lowest BCUT2D eigenvalue weighted by molar-refractivity contribution is -0.0316. The second-order valence-corrected chi connectivity index (χ2v) is 8.54. The predicted octanol–water partition coefficient (Wildman–Crippen LogP) is -1.32. The van der Waals surface area contributed by atoms with E-state index >= 15 is 0 Å². The molecule has 0 saturated carbocycles. The number of piperidine rings is 1. The Morgan fingerprint density at radius 2 is 2.08 bits per heavy atom. The number of carbonyl (C=O) groups excluding carboxylic acids is 1. The van der Waals surface area contributed by atoms with E-state index in [4.69, 9.17) is 9.96 Å². The summed E-state index contributed by atoms with van der Waals surface area (Å²) in [5, 5.41) is 8.29. The molecule has 0 radical (unpaired) electrons. The van der Waals surface area contributed by atoms with Crippen LogP contribution < -0.4 is 4.72 Å². The summed E-state index contributed by atoms with van der Waals surface area (Å²) in [7, 11) is -7.38. The number of aromatic nitrogens is 2. The van der Waals surface area contributed by atoms with Crippen molar-refractivity contribution in [1.29, 1.82) is 5.41 Å². The van der Waals surface area contributed by atoms with Crippen LogP contribution >= 0.6 is 0 Å². The predicted molar refractivity (Wildman–Crippen MR) is 84.6 cm³/mol. The van der Waals surface area contributed by atoms with E-state index in [1.807, 2.05) is 0 Å². The number of hydrogen-bond acceptors (Lipinski definition) is 8. The number of urea groups is 1. The van der Waals surface area contributed by atoms with Crippen LogP contribution in [0.3, 0.4) is 0 Å². The molecule has 3 heterocycles. The van der Waals surface area contributed by atoms with Crippen LogP contribution in [0, 0.1) is 5.41 Å². The number of carbonyl (C=O) groups is 1. The molecule has 2 fully saturated rings. The van der Waals surface area contributed by atoms with Gasteiger partial charge in [-0.25, -0.2) is 9.78 Å². The van der Waals surface area contributed by atoms with Gasteiger partial charge in [-0.15, -0.1) is 4.28 Å². The number of sulfonamides is 1. The topological polar surface area (TPSA) is 175 Å². The highest BCUT2D eigenvalue weighted by Crippen LogP contribution is 2.31. The van der Waals surface area contributed by atoms with Crippen LogP contribution in [0.1, 0.15) is 12.8 Å². The SMILES string of the molecule is Cn1cnc(S(=O)(=O)NC(=N)C2CCC3CN2C(=O)N3OS(=O)(=O)O)c1. The lowest BCUT2D eigenvalue weighted by Gasteiger charge is -2.30. The zero-order valence-corrected chi connectivity index (χ0v) is 15.1. The fraction of sp³-hybridized carbons (Fsp3) is 0.545. The first kappa shape index (κ1) is 18.6. The Kier molecular flexibility index (Phi) is 4.41. The van der Waals surface area contributed by atoms with E-state index < -0.39 is 44.4 Å². The molecular weight excluding hydrogens is 392 g/mol. The van der Waals surface area contributed by atoms with Gasteiger partial charge in [-0.05, 0) is 12.8 Å². The fourth-order valence-corrected chi connectivity index (χ4v) is 4.33. The largest absolute Gasteiger partial charge is 0.418 e. The van der Waals surface area contributed by atoms with Crippen molar-refractivity contribution in [2.45, 2.75) is 30.0 Å². The van der Waals surface area contributed by atoms with Crippen LogP contribution in [0.5, 0.6) is 0 Å². The van der Waals surface area contributed by atoms with Gasteiger partial charge in [0.15, 0.2) is 5.03 Å². The molecule has 2 saturated heterocycles. The second-order valence-electron chi connectivity index (χ2n) is 5.91. The number of nitrogens with zero attached hydrogens (tertiary/aromatic N) is 4. The van der Waals surface area contributed by atoms with Crippen LogP contribution in [-0.4, -0.2) is 71.4 Å². The number of aryl methyl sites for hydroxylation is 1. The van der Waals surface area contributed by atoms with Gasteiger partial charge >= 0.3 is 16.4 Å². The molecule has 0 spiro atoms. The quantitative estimate of drug-likeness (QED) is 0.305. The number of rotatable bonds is 5. The highest BCUT2D eigenvalue weighted by atomic mass is 32.3. The van der Waals surface area contributed by atoms with Gasteiger partial charge in [-0.2, -0.15) is 21.9 Å². The number of hydrogen-bond donors (Lipinski definition) is 3. The number of amides is 2. The van der Waals surface area contributed by atoms with Crippen LogP contribution in [0.4, 0.5) is 4.79 Å². The number of nitrogens with one attached hydrogen (secondary N) is 2. The Morgan fingerprint density at radius 1 is 1.38 bits per heavy atom. The molecule has 3 N–H and O–H groups in total. The Hall–Kier alpha value is -2.23. The summed E-state index contributed by atoms with van der Waals surface area (Å²) in [6, 6.07) is -2.41. The zero-order chi connectivity index (χ0) is 19.3. The first-order valence-electron chi connectivity index (χ1n) is 7.34. The minimum atomic E-state index is -4.88. The van der Waals surface area contributed by atoms with Gasteiger partial charge in [0.1, 0.15) is 5.84 Å². The Labute approximate surface area is 149 Å². The summed E-state index contributed by atoms with van der Waals surface area (Å²) < 4.78 is 62.8. The van der Waals surface area contributed by atoms with Crippen LogP contribution in [0.15, 0.2) is 17.6 Å². The average Bonchev–Trinajstić information content (AvgIpc) is 3.05. The lowest BCUT2D eigenvalue weighted by Crippen LogP contribution is -2.50. The fourth-order valence-electron chi connectivity index (χ4n) is 2.92. The molecule has 0 aromatic carbocycles. The Morgan fingerprint density at radius 3 is 2.65 bits per heavy atom.